The maximum Gasteiger partial charge on any atom is 0.0951 e. The minimum absolute atomic E-state index is 0.299. The Morgan fingerprint density at radius 2 is 2.11 bits per heavy atom. The predicted molar refractivity (Wildman–Crippen MR) is 76.0 cm³/mol. The van der Waals surface area contributed by atoms with Gasteiger partial charge in [0.15, 0.2) is 0 Å². The average Bonchev–Trinajstić information content (AvgIpc) is 2.90. The molecule has 1 aromatic heterocycles. The van der Waals surface area contributed by atoms with E-state index < -0.39 is 0 Å². The van der Waals surface area contributed by atoms with Gasteiger partial charge in [0.05, 0.1) is 12.4 Å². The third-order valence-electron chi connectivity index (χ3n) is 3.23. The van der Waals surface area contributed by atoms with Gasteiger partial charge < -0.3 is 4.57 Å². The number of nitrogens with zero attached hydrogens (tertiary/aromatic N) is 2. The van der Waals surface area contributed by atoms with Crippen LogP contribution in [0.2, 0.25) is 5.02 Å². The minimum atomic E-state index is 0.299. The second kappa shape index (κ2) is 6.60. The predicted octanol–water partition coefficient (Wildman–Crippen LogP) is 4.71. The molecule has 1 unspecified atom stereocenters. The molecule has 0 aliphatic heterocycles. The molecule has 18 heavy (non-hydrogen) atoms. The van der Waals surface area contributed by atoms with Crippen molar-refractivity contribution in [2.45, 2.75) is 38.6 Å². The van der Waals surface area contributed by atoms with Gasteiger partial charge in [-0.1, -0.05) is 56.0 Å². The lowest BCUT2D eigenvalue weighted by Crippen LogP contribution is -2.09. The molecule has 2 nitrogen and oxygen atoms in total. The SMILES string of the molecule is CCCCCC(c1ccccc1Cl)n1ccnc1. The second-order valence-corrected chi connectivity index (χ2v) is 4.95. The molecule has 3 heteroatoms. The summed E-state index contributed by atoms with van der Waals surface area (Å²) < 4.78 is 2.15. The van der Waals surface area contributed by atoms with Crippen LogP contribution in [0.1, 0.15) is 44.2 Å². The number of aromatic nitrogens is 2. The van der Waals surface area contributed by atoms with E-state index in [0.717, 1.165) is 11.4 Å². The molecule has 0 amide bonds. The third-order valence-corrected chi connectivity index (χ3v) is 3.57. The Bertz CT molecular complexity index is 465. The lowest BCUT2D eigenvalue weighted by atomic mass is 10.0. The van der Waals surface area contributed by atoms with Gasteiger partial charge in [0.2, 0.25) is 0 Å². The number of imidazole rings is 1. The highest BCUT2D eigenvalue weighted by molar-refractivity contribution is 6.31. The molecule has 0 spiro atoms. The van der Waals surface area contributed by atoms with Crippen LogP contribution in [-0.4, -0.2) is 9.55 Å². The van der Waals surface area contributed by atoms with Crippen molar-refractivity contribution in [1.29, 1.82) is 0 Å². The smallest absolute Gasteiger partial charge is 0.0951 e. The molecule has 0 radical (unpaired) electrons. The van der Waals surface area contributed by atoms with Gasteiger partial charge in [-0.2, -0.15) is 0 Å². The molecular formula is C15H19ClN2. The molecule has 0 N–H and O–H groups in total. The highest BCUT2D eigenvalue weighted by Crippen LogP contribution is 2.29. The average molecular weight is 263 g/mol. The molecule has 2 aromatic rings. The van der Waals surface area contributed by atoms with Gasteiger partial charge in [0.1, 0.15) is 0 Å². The molecule has 0 aliphatic rings. The van der Waals surface area contributed by atoms with Gasteiger partial charge in [0, 0.05) is 17.4 Å². The Morgan fingerprint density at radius 1 is 1.28 bits per heavy atom. The molecule has 2 rings (SSSR count). The van der Waals surface area contributed by atoms with Gasteiger partial charge in [-0.05, 0) is 18.1 Å². The summed E-state index contributed by atoms with van der Waals surface area (Å²) in [6.45, 7) is 2.22. The molecular weight excluding hydrogens is 244 g/mol. The van der Waals surface area contributed by atoms with E-state index in [9.17, 15) is 0 Å². The monoisotopic (exact) mass is 262 g/mol. The van der Waals surface area contributed by atoms with E-state index in [1.165, 1.54) is 24.8 Å². The highest BCUT2D eigenvalue weighted by Gasteiger charge is 2.15. The largest absolute Gasteiger partial charge is 0.330 e. The first-order valence-electron chi connectivity index (χ1n) is 6.54. The maximum atomic E-state index is 6.31. The normalized spacial score (nSPS) is 12.6. The molecule has 0 saturated heterocycles. The summed E-state index contributed by atoms with van der Waals surface area (Å²) in [4.78, 5) is 4.15. The van der Waals surface area contributed by atoms with E-state index in [1.54, 1.807) is 0 Å². The number of hydrogen-bond acceptors (Lipinski definition) is 1. The van der Waals surface area contributed by atoms with Crippen molar-refractivity contribution < 1.29 is 0 Å². The van der Waals surface area contributed by atoms with E-state index in [2.05, 4.69) is 22.5 Å². The Kier molecular flexibility index (Phi) is 4.82. The lowest BCUT2D eigenvalue weighted by Gasteiger charge is -2.20. The van der Waals surface area contributed by atoms with Crippen LogP contribution >= 0.6 is 11.6 Å². The van der Waals surface area contributed by atoms with E-state index in [4.69, 9.17) is 11.6 Å². The molecule has 0 fully saturated rings. The van der Waals surface area contributed by atoms with Crippen LogP contribution in [-0.2, 0) is 0 Å². The van der Waals surface area contributed by atoms with Gasteiger partial charge in [-0.15, -0.1) is 0 Å². The summed E-state index contributed by atoms with van der Waals surface area (Å²) >= 11 is 6.31. The van der Waals surface area contributed by atoms with Gasteiger partial charge in [-0.3, -0.25) is 0 Å². The van der Waals surface area contributed by atoms with Crippen molar-refractivity contribution in [2.24, 2.45) is 0 Å². The molecule has 96 valence electrons. The van der Waals surface area contributed by atoms with Crippen molar-refractivity contribution in [3.63, 3.8) is 0 Å². The number of unbranched alkanes of at least 4 members (excludes halogenated alkanes) is 2. The fraction of sp³-hybridized carbons (Fsp3) is 0.400. The first-order chi connectivity index (χ1) is 8.83. The number of rotatable bonds is 6. The van der Waals surface area contributed by atoms with Crippen molar-refractivity contribution >= 4 is 11.6 Å². The van der Waals surface area contributed by atoms with Crippen LogP contribution in [0.5, 0.6) is 0 Å². The summed E-state index contributed by atoms with van der Waals surface area (Å²) in [5, 5.41) is 0.840. The summed E-state index contributed by atoms with van der Waals surface area (Å²) in [5.41, 5.74) is 1.19. The molecule has 0 aliphatic carbocycles. The zero-order chi connectivity index (χ0) is 12.8. The van der Waals surface area contributed by atoms with Crippen molar-refractivity contribution in [3.8, 4) is 0 Å². The second-order valence-electron chi connectivity index (χ2n) is 4.54. The molecule has 1 atom stereocenters. The van der Waals surface area contributed by atoms with Gasteiger partial charge >= 0.3 is 0 Å². The van der Waals surface area contributed by atoms with Crippen molar-refractivity contribution in [3.05, 3.63) is 53.6 Å². The first kappa shape index (κ1) is 13.2. The van der Waals surface area contributed by atoms with Crippen LogP contribution in [0.3, 0.4) is 0 Å². The van der Waals surface area contributed by atoms with Crippen LogP contribution in [0, 0.1) is 0 Å². The fourth-order valence-electron chi connectivity index (χ4n) is 2.25. The maximum absolute atomic E-state index is 6.31. The van der Waals surface area contributed by atoms with E-state index >= 15 is 0 Å². The molecule has 0 saturated carbocycles. The number of halogens is 1. The Labute approximate surface area is 114 Å². The van der Waals surface area contributed by atoms with Crippen molar-refractivity contribution in [1.82, 2.24) is 9.55 Å². The van der Waals surface area contributed by atoms with Crippen LogP contribution in [0.4, 0.5) is 0 Å². The molecule has 0 bridgehead atoms. The Balaban J connectivity index is 2.22. The summed E-state index contributed by atoms with van der Waals surface area (Å²) in [5.74, 6) is 0. The van der Waals surface area contributed by atoms with Crippen LogP contribution < -0.4 is 0 Å². The third kappa shape index (κ3) is 3.14. The van der Waals surface area contributed by atoms with E-state index in [1.807, 2.05) is 36.9 Å². The van der Waals surface area contributed by atoms with E-state index in [0.29, 0.717) is 6.04 Å². The fourth-order valence-corrected chi connectivity index (χ4v) is 2.51. The van der Waals surface area contributed by atoms with Crippen LogP contribution in [0.25, 0.3) is 0 Å². The summed E-state index contributed by atoms with van der Waals surface area (Å²) in [6.07, 6.45) is 10.5. The minimum Gasteiger partial charge on any atom is -0.330 e. The summed E-state index contributed by atoms with van der Waals surface area (Å²) in [6, 6.07) is 8.39. The topological polar surface area (TPSA) is 17.8 Å². The Morgan fingerprint density at radius 3 is 2.78 bits per heavy atom. The number of benzene rings is 1. The highest BCUT2D eigenvalue weighted by atomic mass is 35.5. The lowest BCUT2D eigenvalue weighted by molar-refractivity contribution is 0.505. The first-order valence-corrected chi connectivity index (χ1v) is 6.92. The Hall–Kier alpha value is -1.28. The number of hydrogen-bond donors (Lipinski definition) is 0. The van der Waals surface area contributed by atoms with E-state index in [-0.39, 0.29) is 0 Å². The van der Waals surface area contributed by atoms with Gasteiger partial charge in [-0.25, -0.2) is 4.98 Å². The quantitative estimate of drug-likeness (QED) is 0.690. The van der Waals surface area contributed by atoms with Gasteiger partial charge in [0.25, 0.3) is 0 Å². The molecule has 1 heterocycles. The standard InChI is InChI=1S/C15H19ClN2/c1-2-3-4-9-15(18-11-10-17-12-18)13-7-5-6-8-14(13)16/h5-8,10-12,15H,2-4,9H2,1H3. The zero-order valence-electron chi connectivity index (χ0n) is 10.7. The molecule has 1 aromatic carbocycles. The van der Waals surface area contributed by atoms with Crippen LogP contribution in [0.15, 0.2) is 43.0 Å². The zero-order valence-corrected chi connectivity index (χ0v) is 11.5. The summed E-state index contributed by atoms with van der Waals surface area (Å²) in [7, 11) is 0. The van der Waals surface area contributed by atoms with Crippen molar-refractivity contribution in [2.75, 3.05) is 0 Å².